The van der Waals surface area contributed by atoms with E-state index < -0.39 is 11.9 Å². The molecule has 0 atom stereocenters. The Balaban J connectivity index is 1.44. The molecule has 6 N–H and O–H groups in total. The number of nitrogens with zero attached hydrogens (tertiary/aromatic N) is 5. The molecule has 0 radical (unpaired) electrons. The van der Waals surface area contributed by atoms with Gasteiger partial charge in [-0.3, -0.25) is 10.1 Å². The highest BCUT2D eigenvalue weighted by atomic mass is 16.5. The minimum atomic E-state index is -0.497. The second kappa shape index (κ2) is 9.80. The molecule has 0 aliphatic carbocycles. The van der Waals surface area contributed by atoms with Crippen LogP contribution in [0.1, 0.15) is 48.0 Å². The number of nitrogens with two attached hydrogens (primary N) is 2. The molecular weight excluding hydrogens is 510 g/mol. The molecule has 3 amide bonds. The molecule has 5 rings (SSSR count). The number of urea groups is 1. The standard InChI is InChI=1S/C28H29N9O3/c1-14-15(2)19(25(30)38)11-10-18(14)23-22-24(29)31-13-32-26(22)37(35-23)17-8-6-16(7-9-17)33-27(39)34-21-12-20(40-36-21)28(3,4)5/h6-13H,1-5H3,(H2,30,38)(H2,29,31,32)(H2,33,34,36,39). The summed E-state index contributed by atoms with van der Waals surface area (Å²) in [6.07, 6.45) is 1.38. The zero-order chi connectivity index (χ0) is 28.8. The number of amides is 3. The van der Waals surface area contributed by atoms with E-state index in [-0.39, 0.29) is 11.2 Å². The molecule has 0 aliphatic heterocycles. The number of benzene rings is 2. The van der Waals surface area contributed by atoms with Crippen molar-refractivity contribution in [3.05, 3.63) is 71.2 Å². The maximum absolute atomic E-state index is 12.5. The van der Waals surface area contributed by atoms with E-state index in [0.717, 1.165) is 16.7 Å². The van der Waals surface area contributed by atoms with Crippen LogP contribution in [0.5, 0.6) is 0 Å². The summed E-state index contributed by atoms with van der Waals surface area (Å²) in [7, 11) is 0. The molecule has 0 saturated carbocycles. The van der Waals surface area contributed by atoms with Gasteiger partial charge in [0.15, 0.2) is 11.5 Å². The number of fused-ring (bicyclic) bond motifs is 1. The third kappa shape index (κ3) is 4.82. The second-order valence-corrected chi connectivity index (χ2v) is 10.4. The average Bonchev–Trinajstić information content (AvgIpc) is 3.52. The van der Waals surface area contributed by atoms with E-state index in [1.165, 1.54) is 6.33 Å². The normalized spacial score (nSPS) is 11.5. The fraction of sp³-hybridized carbons (Fsp3) is 0.214. The lowest BCUT2D eigenvalue weighted by atomic mass is 9.93. The van der Waals surface area contributed by atoms with Gasteiger partial charge in [-0.2, -0.15) is 5.10 Å². The molecule has 12 nitrogen and oxygen atoms in total. The van der Waals surface area contributed by atoms with Gasteiger partial charge in [-0.1, -0.05) is 32.0 Å². The summed E-state index contributed by atoms with van der Waals surface area (Å²) in [5.74, 6) is 0.765. The van der Waals surface area contributed by atoms with Crippen LogP contribution in [0.15, 0.2) is 53.3 Å². The van der Waals surface area contributed by atoms with Gasteiger partial charge in [0.1, 0.15) is 23.6 Å². The Morgan fingerprint density at radius 3 is 2.35 bits per heavy atom. The molecule has 3 heterocycles. The first-order chi connectivity index (χ1) is 18.9. The molecule has 5 aromatic rings. The number of nitrogen functional groups attached to an aromatic ring is 1. The molecule has 204 valence electrons. The van der Waals surface area contributed by atoms with Gasteiger partial charge >= 0.3 is 6.03 Å². The topological polar surface area (TPSA) is 180 Å². The Bertz CT molecular complexity index is 1760. The number of rotatable bonds is 5. The van der Waals surface area contributed by atoms with Crippen molar-refractivity contribution >= 4 is 40.3 Å². The SMILES string of the molecule is Cc1c(C(N)=O)ccc(-c2nn(-c3ccc(NC(=O)Nc4cc(C(C)(C)C)on4)cc3)c3ncnc(N)c23)c1C. The van der Waals surface area contributed by atoms with Gasteiger partial charge in [0.05, 0.1) is 11.1 Å². The molecule has 3 aromatic heterocycles. The van der Waals surface area contributed by atoms with E-state index in [1.54, 1.807) is 47.1 Å². The number of carbonyl (C=O) groups is 2. The number of aromatic nitrogens is 5. The van der Waals surface area contributed by atoms with Crippen LogP contribution in [0.2, 0.25) is 0 Å². The van der Waals surface area contributed by atoms with Crippen LogP contribution in [-0.2, 0) is 5.41 Å². The van der Waals surface area contributed by atoms with Crippen LogP contribution >= 0.6 is 0 Å². The van der Waals surface area contributed by atoms with E-state index >= 15 is 0 Å². The van der Waals surface area contributed by atoms with Crippen molar-refractivity contribution in [3.8, 4) is 16.9 Å². The Kier molecular flexibility index (Phi) is 6.46. The minimum Gasteiger partial charge on any atom is -0.383 e. The highest BCUT2D eigenvalue weighted by Gasteiger charge is 2.22. The van der Waals surface area contributed by atoms with Crippen LogP contribution in [0, 0.1) is 13.8 Å². The van der Waals surface area contributed by atoms with Gasteiger partial charge in [0, 0.05) is 28.3 Å². The van der Waals surface area contributed by atoms with Gasteiger partial charge in [0.25, 0.3) is 0 Å². The van der Waals surface area contributed by atoms with Crippen molar-refractivity contribution in [2.24, 2.45) is 5.73 Å². The maximum atomic E-state index is 12.5. The minimum absolute atomic E-state index is 0.226. The van der Waals surface area contributed by atoms with Crippen LogP contribution in [0.3, 0.4) is 0 Å². The van der Waals surface area contributed by atoms with E-state index in [1.807, 2.05) is 34.6 Å². The molecule has 0 spiro atoms. The zero-order valence-corrected chi connectivity index (χ0v) is 22.7. The molecule has 0 aliphatic rings. The monoisotopic (exact) mass is 539 g/mol. The molecule has 0 unspecified atom stereocenters. The highest BCUT2D eigenvalue weighted by Crippen LogP contribution is 2.35. The van der Waals surface area contributed by atoms with Gasteiger partial charge in [-0.25, -0.2) is 19.4 Å². The fourth-order valence-electron chi connectivity index (χ4n) is 4.34. The summed E-state index contributed by atoms with van der Waals surface area (Å²) >= 11 is 0. The van der Waals surface area contributed by atoms with Crippen LogP contribution in [0.4, 0.5) is 22.1 Å². The van der Waals surface area contributed by atoms with Crippen LogP contribution in [-0.4, -0.2) is 36.8 Å². The average molecular weight is 540 g/mol. The van der Waals surface area contributed by atoms with Crippen LogP contribution < -0.4 is 22.1 Å². The summed E-state index contributed by atoms with van der Waals surface area (Å²) in [5.41, 5.74) is 16.7. The highest BCUT2D eigenvalue weighted by molar-refractivity contribution is 6.01. The fourth-order valence-corrected chi connectivity index (χ4v) is 4.34. The molecule has 2 aromatic carbocycles. The largest absolute Gasteiger partial charge is 0.383 e. The number of carbonyl (C=O) groups excluding carboxylic acids is 2. The smallest absolute Gasteiger partial charge is 0.324 e. The van der Waals surface area contributed by atoms with Crippen molar-refractivity contribution in [3.63, 3.8) is 0 Å². The van der Waals surface area contributed by atoms with E-state index in [2.05, 4.69) is 25.8 Å². The lowest BCUT2D eigenvalue weighted by Gasteiger charge is -2.12. The van der Waals surface area contributed by atoms with Gasteiger partial charge < -0.3 is 21.3 Å². The summed E-state index contributed by atoms with van der Waals surface area (Å²) in [6, 6.07) is 11.8. The number of anilines is 3. The summed E-state index contributed by atoms with van der Waals surface area (Å²) in [6.45, 7) is 9.72. The first-order valence-electron chi connectivity index (χ1n) is 12.5. The Labute approximate surface area is 229 Å². The van der Waals surface area contributed by atoms with Gasteiger partial charge in [-0.15, -0.1) is 0 Å². The lowest BCUT2D eigenvalue weighted by Crippen LogP contribution is -2.19. The number of nitrogens with one attached hydrogen (secondary N) is 2. The first-order valence-corrected chi connectivity index (χ1v) is 12.5. The second-order valence-electron chi connectivity index (χ2n) is 10.4. The molecule has 12 heteroatoms. The quantitative estimate of drug-likeness (QED) is 0.248. The van der Waals surface area contributed by atoms with E-state index in [4.69, 9.17) is 21.1 Å². The summed E-state index contributed by atoms with van der Waals surface area (Å²) < 4.78 is 6.97. The third-order valence-electron chi connectivity index (χ3n) is 6.66. The first kappa shape index (κ1) is 26.4. The molecule has 0 saturated heterocycles. The molecule has 0 fully saturated rings. The van der Waals surface area contributed by atoms with E-state index in [9.17, 15) is 9.59 Å². The number of hydrogen-bond acceptors (Lipinski definition) is 8. The maximum Gasteiger partial charge on any atom is 0.324 e. The predicted octanol–water partition coefficient (Wildman–Crippen LogP) is 4.71. The molecule has 40 heavy (non-hydrogen) atoms. The Morgan fingerprint density at radius 2 is 1.70 bits per heavy atom. The number of hydrogen-bond donors (Lipinski definition) is 4. The Hall–Kier alpha value is -5.26. The third-order valence-corrected chi connectivity index (χ3v) is 6.66. The van der Waals surface area contributed by atoms with Gasteiger partial charge in [0.2, 0.25) is 5.91 Å². The zero-order valence-electron chi connectivity index (χ0n) is 22.7. The van der Waals surface area contributed by atoms with E-state index in [0.29, 0.717) is 45.2 Å². The van der Waals surface area contributed by atoms with Crippen molar-refractivity contribution in [2.75, 3.05) is 16.4 Å². The van der Waals surface area contributed by atoms with Crippen LogP contribution in [0.25, 0.3) is 28.0 Å². The Morgan fingerprint density at radius 1 is 0.975 bits per heavy atom. The van der Waals surface area contributed by atoms with Crippen molar-refractivity contribution in [2.45, 2.75) is 40.0 Å². The van der Waals surface area contributed by atoms with Crippen molar-refractivity contribution < 1.29 is 14.1 Å². The summed E-state index contributed by atoms with van der Waals surface area (Å²) in [5, 5.41) is 14.8. The lowest BCUT2D eigenvalue weighted by molar-refractivity contribution is 0.0999. The predicted molar refractivity (Wildman–Crippen MR) is 152 cm³/mol. The molecular formula is C28H29N9O3. The van der Waals surface area contributed by atoms with Gasteiger partial charge in [-0.05, 0) is 55.3 Å². The molecule has 0 bridgehead atoms. The number of primary amides is 1. The summed E-state index contributed by atoms with van der Waals surface area (Å²) in [4.78, 5) is 32.9. The van der Waals surface area contributed by atoms with Crippen molar-refractivity contribution in [1.82, 2.24) is 24.9 Å². The van der Waals surface area contributed by atoms with Crippen molar-refractivity contribution in [1.29, 1.82) is 0 Å².